The van der Waals surface area contributed by atoms with Crippen LogP contribution >= 0.6 is 0 Å². The first-order valence-corrected chi connectivity index (χ1v) is 12.4. The number of unbranched alkanes of at least 4 members (excludes halogenated alkanes) is 1. The standard InChI is InChI=1S/C10H22O4.C6H14O4.C4H7NO.C3H8O3/c1-2-3-5-12-7-9-14-10-8-13-6-4-11;7-1-3-9-5-6-10-4-2-8;6-4-2-1-3-5-4;4-1-3(6)2-5/h11H,2-10H2,1H3;7-8H,1-6H2;1-3H2,(H,5,6);3-6H,1-2H2. The molecule has 1 aliphatic rings. The van der Waals surface area contributed by atoms with E-state index in [-0.39, 0.29) is 38.9 Å². The van der Waals surface area contributed by atoms with E-state index in [0.717, 1.165) is 38.8 Å². The third-order valence-corrected chi connectivity index (χ3v) is 3.79. The van der Waals surface area contributed by atoms with E-state index in [9.17, 15) is 4.79 Å². The lowest BCUT2D eigenvalue weighted by Crippen LogP contribution is -2.15. The van der Waals surface area contributed by atoms with Gasteiger partial charge >= 0.3 is 0 Å². The molecule has 1 aliphatic heterocycles. The van der Waals surface area contributed by atoms with E-state index < -0.39 is 6.10 Å². The zero-order valence-electron chi connectivity index (χ0n) is 21.9. The molecule has 7 N–H and O–H groups in total. The van der Waals surface area contributed by atoms with E-state index >= 15 is 0 Å². The predicted molar refractivity (Wildman–Crippen MR) is 133 cm³/mol. The Hall–Kier alpha value is -0.970. The first-order valence-electron chi connectivity index (χ1n) is 12.4. The molecule has 0 atom stereocenters. The molecule has 0 aliphatic carbocycles. The number of rotatable bonds is 20. The maximum absolute atomic E-state index is 10.1. The first kappa shape index (κ1) is 39.5. The van der Waals surface area contributed by atoms with Gasteiger partial charge < -0.3 is 59.6 Å². The number of aliphatic hydroxyl groups excluding tert-OH is 6. The number of carbonyl (C=O) groups is 1. The number of hydrogen-bond donors (Lipinski definition) is 7. The largest absolute Gasteiger partial charge is 0.394 e. The molecule has 1 fully saturated rings. The molecule has 0 bridgehead atoms. The quantitative estimate of drug-likeness (QED) is 0.0857. The van der Waals surface area contributed by atoms with Crippen LogP contribution in [0.5, 0.6) is 0 Å². The number of nitrogens with one attached hydrogen (secondary N) is 1. The van der Waals surface area contributed by atoms with E-state index in [4.69, 9.17) is 54.3 Å². The van der Waals surface area contributed by atoms with Crippen molar-refractivity contribution < 1.29 is 59.1 Å². The van der Waals surface area contributed by atoms with E-state index in [1.54, 1.807) is 0 Å². The normalized spacial score (nSPS) is 12.2. The molecule has 1 heterocycles. The summed E-state index contributed by atoms with van der Waals surface area (Å²) in [4.78, 5) is 10.1. The summed E-state index contributed by atoms with van der Waals surface area (Å²) in [5.74, 6) is 0.204. The molecule has 0 saturated carbocycles. The van der Waals surface area contributed by atoms with Crippen LogP contribution in [-0.4, -0.2) is 148 Å². The van der Waals surface area contributed by atoms with Crippen LogP contribution in [0.1, 0.15) is 32.6 Å². The van der Waals surface area contributed by atoms with Gasteiger partial charge in [0.15, 0.2) is 0 Å². The van der Waals surface area contributed by atoms with Gasteiger partial charge in [-0.3, -0.25) is 4.79 Å². The summed E-state index contributed by atoms with van der Waals surface area (Å²) in [6, 6.07) is 0. The molecule has 0 unspecified atom stereocenters. The summed E-state index contributed by atoms with van der Waals surface area (Å²) in [5.41, 5.74) is 0. The molecule has 220 valence electrons. The van der Waals surface area contributed by atoms with Crippen molar-refractivity contribution in [2.24, 2.45) is 0 Å². The van der Waals surface area contributed by atoms with Crippen molar-refractivity contribution in [1.82, 2.24) is 5.32 Å². The number of amides is 1. The predicted octanol–water partition coefficient (Wildman–Crippen LogP) is -1.94. The molecular weight excluding hydrogens is 482 g/mol. The number of carbonyl (C=O) groups excluding carboxylic acids is 1. The summed E-state index contributed by atoms with van der Waals surface area (Å²) in [5, 5.41) is 51.6. The van der Waals surface area contributed by atoms with Gasteiger partial charge in [-0.2, -0.15) is 0 Å². The highest BCUT2D eigenvalue weighted by Gasteiger charge is 2.05. The Kier molecular flexibility index (Phi) is 42.4. The fourth-order valence-corrected chi connectivity index (χ4v) is 1.93. The van der Waals surface area contributed by atoms with E-state index in [2.05, 4.69) is 12.2 Å². The SMILES string of the molecule is CCCCOCCOCCOCCO.O=C1CCCN1.OCC(O)CO.OCCOCCOCCO. The molecule has 1 rings (SSSR count). The molecule has 1 amide bonds. The molecule has 13 nitrogen and oxygen atoms in total. The van der Waals surface area contributed by atoms with Gasteiger partial charge in [-0.1, -0.05) is 13.3 Å². The van der Waals surface area contributed by atoms with Crippen molar-refractivity contribution in [2.45, 2.75) is 38.7 Å². The maximum Gasteiger partial charge on any atom is 0.220 e. The summed E-state index contributed by atoms with van der Waals surface area (Å²) in [6.07, 6.45) is 3.08. The highest BCUT2D eigenvalue weighted by molar-refractivity contribution is 5.77. The minimum absolute atomic E-state index is 0.0417. The van der Waals surface area contributed by atoms with Crippen molar-refractivity contribution >= 4 is 5.91 Å². The van der Waals surface area contributed by atoms with Crippen molar-refractivity contribution in [3.8, 4) is 0 Å². The van der Waals surface area contributed by atoms with Gasteiger partial charge in [0.1, 0.15) is 6.10 Å². The lowest BCUT2D eigenvalue weighted by atomic mass is 10.4. The van der Waals surface area contributed by atoms with Gasteiger partial charge in [0, 0.05) is 19.6 Å². The van der Waals surface area contributed by atoms with Crippen LogP contribution in [0, 0.1) is 0 Å². The number of aliphatic hydroxyl groups is 6. The Labute approximate surface area is 215 Å². The monoisotopic (exact) mass is 533 g/mol. The lowest BCUT2D eigenvalue weighted by Gasteiger charge is -2.05. The van der Waals surface area contributed by atoms with Crippen molar-refractivity contribution in [3.63, 3.8) is 0 Å². The molecule has 0 aromatic carbocycles. The fraction of sp³-hybridized carbons (Fsp3) is 0.957. The lowest BCUT2D eigenvalue weighted by molar-refractivity contribution is -0.119. The van der Waals surface area contributed by atoms with Crippen molar-refractivity contribution in [1.29, 1.82) is 0 Å². The third-order valence-electron chi connectivity index (χ3n) is 3.79. The first-order chi connectivity index (χ1) is 17.5. The van der Waals surface area contributed by atoms with E-state index in [0.29, 0.717) is 59.5 Å². The van der Waals surface area contributed by atoms with Crippen LogP contribution < -0.4 is 5.32 Å². The molecule has 0 aromatic rings. The average Bonchev–Trinajstić information content (AvgIpc) is 3.39. The van der Waals surface area contributed by atoms with Gasteiger partial charge in [-0.15, -0.1) is 0 Å². The second-order valence-corrected chi connectivity index (χ2v) is 7.06. The minimum Gasteiger partial charge on any atom is -0.394 e. The van der Waals surface area contributed by atoms with Crippen molar-refractivity contribution in [2.75, 3.05) is 106 Å². The Morgan fingerprint density at radius 3 is 1.31 bits per heavy atom. The molecule has 13 heteroatoms. The number of hydrogen-bond acceptors (Lipinski definition) is 12. The molecule has 1 saturated heterocycles. The topological polar surface area (TPSA) is 197 Å². The second kappa shape index (κ2) is 38.6. The van der Waals surface area contributed by atoms with Gasteiger partial charge in [0.05, 0.1) is 92.5 Å². The van der Waals surface area contributed by atoms with Gasteiger partial charge in [-0.05, 0) is 12.8 Å². The van der Waals surface area contributed by atoms with Crippen molar-refractivity contribution in [3.05, 3.63) is 0 Å². The zero-order chi connectivity index (χ0) is 27.5. The van der Waals surface area contributed by atoms with Gasteiger partial charge in [0.25, 0.3) is 0 Å². The van der Waals surface area contributed by atoms with Crippen LogP contribution in [0.2, 0.25) is 0 Å². The Bertz CT molecular complexity index is 362. The Morgan fingerprint density at radius 1 is 0.694 bits per heavy atom. The zero-order valence-corrected chi connectivity index (χ0v) is 21.9. The van der Waals surface area contributed by atoms with Crippen LogP contribution in [0.25, 0.3) is 0 Å². The molecule has 0 radical (unpaired) electrons. The van der Waals surface area contributed by atoms with Gasteiger partial charge in [0.2, 0.25) is 5.91 Å². The van der Waals surface area contributed by atoms with Crippen LogP contribution in [0.15, 0.2) is 0 Å². The number of ether oxygens (including phenoxy) is 5. The average molecular weight is 534 g/mol. The Balaban J connectivity index is -0.000000430. The summed E-state index contributed by atoms with van der Waals surface area (Å²) in [6.45, 7) is 7.67. The van der Waals surface area contributed by atoms with Crippen LogP contribution in [0.3, 0.4) is 0 Å². The summed E-state index contributed by atoms with van der Waals surface area (Å²) >= 11 is 0. The van der Waals surface area contributed by atoms with E-state index in [1.165, 1.54) is 0 Å². The van der Waals surface area contributed by atoms with Crippen LogP contribution in [0.4, 0.5) is 0 Å². The third kappa shape index (κ3) is 43.1. The second-order valence-electron chi connectivity index (χ2n) is 7.06. The molecule has 0 aromatic heterocycles. The van der Waals surface area contributed by atoms with E-state index in [1.807, 2.05) is 0 Å². The fourth-order valence-electron chi connectivity index (χ4n) is 1.93. The minimum atomic E-state index is -0.954. The highest BCUT2D eigenvalue weighted by Crippen LogP contribution is 1.93. The van der Waals surface area contributed by atoms with Gasteiger partial charge in [-0.25, -0.2) is 0 Å². The smallest absolute Gasteiger partial charge is 0.220 e. The Morgan fingerprint density at radius 2 is 1.08 bits per heavy atom. The molecular formula is C23H51NO12. The summed E-state index contributed by atoms with van der Waals surface area (Å²) in [7, 11) is 0. The molecule has 0 spiro atoms. The van der Waals surface area contributed by atoms with Crippen LogP contribution in [-0.2, 0) is 28.5 Å². The maximum atomic E-state index is 10.1. The molecule has 36 heavy (non-hydrogen) atoms. The summed E-state index contributed by atoms with van der Waals surface area (Å²) < 4.78 is 25.3. The highest BCUT2D eigenvalue weighted by atomic mass is 16.5.